The summed E-state index contributed by atoms with van der Waals surface area (Å²) in [6.07, 6.45) is 4.76. The van der Waals surface area contributed by atoms with E-state index >= 15 is 0 Å². The molecule has 1 aromatic carbocycles. The minimum Gasteiger partial charge on any atom is -0.354 e. The molecule has 2 amide bonds. The Balaban J connectivity index is 1.69. The molecule has 0 bridgehead atoms. The summed E-state index contributed by atoms with van der Waals surface area (Å²) in [5.41, 5.74) is 3.15. The molecular weight excluding hydrogens is 288 g/mol. The maximum Gasteiger partial charge on any atom is 0.245 e. The number of aryl methyl sites for hydroxylation is 3. The van der Waals surface area contributed by atoms with E-state index in [0.29, 0.717) is 6.42 Å². The van der Waals surface area contributed by atoms with Crippen LogP contribution in [0.4, 0.5) is 0 Å². The molecule has 1 atom stereocenters. The smallest absolute Gasteiger partial charge is 0.245 e. The molecule has 1 spiro atoms. The molecule has 0 saturated carbocycles. The maximum atomic E-state index is 12.8. The molecule has 2 saturated heterocycles. The van der Waals surface area contributed by atoms with E-state index in [4.69, 9.17) is 0 Å². The van der Waals surface area contributed by atoms with Crippen molar-refractivity contribution in [1.29, 1.82) is 0 Å². The Morgan fingerprint density at radius 3 is 2.78 bits per heavy atom. The van der Waals surface area contributed by atoms with Crippen molar-refractivity contribution in [2.24, 2.45) is 0 Å². The van der Waals surface area contributed by atoms with E-state index in [1.54, 1.807) is 0 Å². The predicted octanol–water partition coefficient (Wildman–Crippen LogP) is 2.51. The first-order chi connectivity index (χ1) is 11.0. The molecule has 2 heterocycles. The zero-order chi connectivity index (χ0) is 16.4. The minimum absolute atomic E-state index is 0.0566. The van der Waals surface area contributed by atoms with Crippen LogP contribution < -0.4 is 5.32 Å². The van der Waals surface area contributed by atoms with Crippen LogP contribution in [0.3, 0.4) is 0 Å². The molecule has 2 aliphatic rings. The van der Waals surface area contributed by atoms with Gasteiger partial charge in [0.05, 0.1) is 0 Å². The standard InChI is InChI=1S/C19H26N2O2/c1-14-5-6-16(15(2)13-14)7-8-17(22)21-12-4-10-19(21)9-3-11-20-18(19)23/h5-6,13H,3-4,7-12H2,1-2H3,(H,20,23). The van der Waals surface area contributed by atoms with Gasteiger partial charge in [-0.15, -0.1) is 0 Å². The first kappa shape index (κ1) is 16.0. The van der Waals surface area contributed by atoms with Crippen LogP contribution in [0.1, 0.15) is 48.8 Å². The van der Waals surface area contributed by atoms with Crippen molar-refractivity contribution in [2.45, 2.75) is 57.9 Å². The summed E-state index contributed by atoms with van der Waals surface area (Å²) in [5, 5.41) is 2.96. The number of amides is 2. The lowest BCUT2D eigenvalue weighted by Gasteiger charge is -2.40. The molecule has 0 aliphatic carbocycles. The van der Waals surface area contributed by atoms with E-state index in [-0.39, 0.29) is 11.8 Å². The molecule has 23 heavy (non-hydrogen) atoms. The number of piperidine rings is 1. The van der Waals surface area contributed by atoms with Crippen molar-refractivity contribution < 1.29 is 9.59 Å². The summed E-state index contributed by atoms with van der Waals surface area (Å²) in [6.45, 7) is 5.64. The topological polar surface area (TPSA) is 49.4 Å². The number of nitrogens with zero attached hydrogens (tertiary/aromatic N) is 1. The third-order valence-corrected chi connectivity index (χ3v) is 5.37. The van der Waals surface area contributed by atoms with Crippen LogP contribution in [0, 0.1) is 13.8 Å². The zero-order valence-electron chi connectivity index (χ0n) is 14.2. The van der Waals surface area contributed by atoms with Gasteiger partial charge >= 0.3 is 0 Å². The molecule has 4 heteroatoms. The summed E-state index contributed by atoms with van der Waals surface area (Å²) in [7, 11) is 0. The van der Waals surface area contributed by atoms with Gasteiger partial charge in [-0.25, -0.2) is 0 Å². The number of hydrogen-bond acceptors (Lipinski definition) is 2. The SMILES string of the molecule is Cc1ccc(CCC(=O)N2CCCC23CCCNC3=O)c(C)c1. The van der Waals surface area contributed by atoms with E-state index in [0.717, 1.165) is 45.2 Å². The van der Waals surface area contributed by atoms with Gasteiger partial charge in [-0.2, -0.15) is 0 Å². The first-order valence-corrected chi connectivity index (χ1v) is 8.68. The molecule has 3 rings (SSSR count). The molecule has 124 valence electrons. The Bertz CT molecular complexity index is 626. The molecule has 1 N–H and O–H groups in total. The molecule has 4 nitrogen and oxygen atoms in total. The Morgan fingerprint density at radius 2 is 2.04 bits per heavy atom. The van der Waals surface area contributed by atoms with Crippen molar-refractivity contribution in [3.63, 3.8) is 0 Å². The largest absolute Gasteiger partial charge is 0.354 e. The van der Waals surface area contributed by atoms with Gasteiger partial charge in [-0.1, -0.05) is 23.8 Å². The minimum atomic E-state index is -0.558. The number of hydrogen-bond donors (Lipinski definition) is 1. The summed E-state index contributed by atoms with van der Waals surface area (Å²) in [4.78, 5) is 27.0. The number of carbonyl (C=O) groups is 2. The van der Waals surface area contributed by atoms with E-state index in [1.165, 1.54) is 16.7 Å². The third-order valence-electron chi connectivity index (χ3n) is 5.37. The number of benzene rings is 1. The summed E-state index contributed by atoms with van der Waals surface area (Å²) < 4.78 is 0. The van der Waals surface area contributed by atoms with Crippen LogP contribution in [0.5, 0.6) is 0 Å². The van der Waals surface area contributed by atoms with Gasteiger partial charge in [0.1, 0.15) is 5.54 Å². The second kappa shape index (κ2) is 6.34. The molecule has 1 aromatic rings. The van der Waals surface area contributed by atoms with Gasteiger partial charge < -0.3 is 10.2 Å². The van der Waals surface area contributed by atoms with Crippen molar-refractivity contribution in [1.82, 2.24) is 10.2 Å². The number of nitrogens with one attached hydrogen (secondary N) is 1. The maximum absolute atomic E-state index is 12.8. The molecule has 0 radical (unpaired) electrons. The average Bonchev–Trinajstić information content (AvgIpc) is 2.94. The lowest BCUT2D eigenvalue weighted by atomic mass is 9.86. The molecule has 0 aromatic heterocycles. The molecule has 1 unspecified atom stereocenters. The lowest BCUT2D eigenvalue weighted by molar-refractivity contribution is -0.147. The Kier molecular flexibility index (Phi) is 4.42. The van der Waals surface area contributed by atoms with E-state index < -0.39 is 5.54 Å². The third kappa shape index (κ3) is 2.99. The van der Waals surface area contributed by atoms with E-state index in [9.17, 15) is 9.59 Å². The molecular formula is C19H26N2O2. The summed E-state index contributed by atoms with van der Waals surface area (Å²) in [5.74, 6) is 0.181. The highest BCUT2D eigenvalue weighted by atomic mass is 16.2. The Labute approximate surface area is 138 Å². The summed E-state index contributed by atoms with van der Waals surface area (Å²) >= 11 is 0. The van der Waals surface area contributed by atoms with Crippen LogP contribution in [0.15, 0.2) is 18.2 Å². The zero-order valence-corrected chi connectivity index (χ0v) is 14.2. The van der Waals surface area contributed by atoms with Crippen LogP contribution in [0.25, 0.3) is 0 Å². The predicted molar refractivity (Wildman–Crippen MR) is 90.2 cm³/mol. The highest BCUT2D eigenvalue weighted by molar-refractivity contribution is 5.92. The van der Waals surface area contributed by atoms with Gasteiger partial charge in [0, 0.05) is 19.5 Å². The van der Waals surface area contributed by atoms with Gasteiger partial charge in [0.25, 0.3) is 0 Å². The molecule has 2 fully saturated rings. The van der Waals surface area contributed by atoms with Crippen molar-refractivity contribution in [3.8, 4) is 0 Å². The lowest BCUT2D eigenvalue weighted by Crippen LogP contribution is -2.60. The monoisotopic (exact) mass is 314 g/mol. The van der Waals surface area contributed by atoms with Gasteiger partial charge in [0.15, 0.2) is 0 Å². The first-order valence-electron chi connectivity index (χ1n) is 8.68. The fraction of sp³-hybridized carbons (Fsp3) is 0.579. The highest BCUT2D eigenvalue weighted by Crippen LogP contribution is 2.36. The number of carbonyl (C=O) groups excluding carboxylic acids is 2. The van der Waals surface area contributed by atoms with Gasteiger partial charge in [-0.3, -0.25) is 9.59 Å². The van der Waals surface area contributed by atoms with Gasteiger partial charge in [-0.05, 0) is 57.1 Å². The van der Waals surface area contributed by atoms with E-state index in [1.807, 2.05) is 4.90 Å². The van der Waals surface area contributed by atoms with Gasteiger partial charge in [0.2, 0.25) is 11.8 Å². The van der Waals surface area contributed by atoms with Crippen LogP contribution in [-0.2, 0) is 16.0 Å². The Hall–Kier alpha value is -1.84. The quantitative estimate of drug-likeness (QED) is 0.932. The van der Waals surface area contributed by atoms with Crippen LogP contribution >= 0.6 is 0 Å². The summed E-state index contributed by atoms with van der Waals surface area (Å²) in [6, 6.07) is 6.37. The second-order valence-corrected chi connectivity index (χ2v) is 6.97. The fourth-order valence-corrected chi connectivity index (χ4v) is 4.10. The highest BCUT2D eigenvalue weighted by Gasteiger charge is 2.50. The van der Waals surface area contributed by atoms with Crippen molar-refractivity contribution in [2.75, 3.05) is 13.1 Å². The second-order valence-electron chi connectivity index (χ2n) is 6.97. The Morgan fingerprint density at radius 1 is 1.26 bits per heavy atom. The number of likely N-dealkylation sites (tertiary alicyclic amines) is 1. The molecule has 2 aliphatic heterocycles. The average molecular weight is 314 g/mol. The number of rotatable bonds is 3. The fourth-order valence-electron chi connectivity index (χ4n) is 4.10. The van der Waals surface area contributed by atoms with Crippen molar-refractivity contribution >= 4 is 11.8 Å². The normalized spacial score (nSPS) is 24.1. The van der Waals surface area contributed by atoms with Crippen LogP contribution in [-0.4, -0.2) is 35.3 Å². The van der Waals surface area contributed by atoms with E-state index in [2.05, 4.69) is 37.4 Å². The van der Waals surface area contributed by atoms with Crippen LogP contribution in [0.2, 0.25) is 0 Å². The van der Waals surface area contributed by atoms with Crippen molar-refractivity contribution in [3.05, 3.63) is 34.9 Å².